The van der Waals surface area contributed by atoms with Crippen molar-refractivity contribution >= 4 is 51.2 Å². The minimum Gasteiger partial charge on any atom is -0.478 e. The fourth-order valence-electron chi connectivity index (χ4n) is 1.17. The second kappa shape index (κ2) is 6.16. The van der Waals surface area contributed by atoms with Gasteiger partial charge < -0.3 is 9.84 Å². The van der Waals surface area contributed by atoms with E-state index >= 15 is 0 Å². The van der Waals surface area contributed by atoms with Gasteiger partial charge in [-0.1, -0.05) is 23.2 Å². The van der Waals surface area contributed by atoms with Crippen molar-refractivity contribution in [3.63, 3.8) is 0 Å². The minimum atomic E-state index is -4.42. The quantitative estimate of drug-likeness (QED) is 0.765. The largest absolute Gasteiger partial charge is 0.478 e. The summed E-state index contributed by atoms with van der Waals surface area (Å²) >= 11 is 11.4. The summed E-state index contributed by atoms with van der Waals surface area (Å²) in [6.45, 7) is 0. The molecule has 3 N–H and O–H groups in total. The van der Waals surface area contributed by atoms with Crippen molar-refractivity contribution in [1.82, 2.24) is 4.72 Å². The molecule has 8 nitrogen and oxygen atoms in total. The van der Waals surface area contributed by atoms with E-state index in [9.17, 15) is 18.0 Å². The Labute approximate surface area is 123 Å². The van der Waals surface area contributed by atoms with Crippen LogP contribution in [-0.4, -0.2) is 32.7 Å². The van der Waals surface area contributed by atoms with Gasteiger partial charge in [0.1, 0.15) is 5.56 Å². The van der Waals surface area contributed by atoms with Gasteiger partial charge in [-0.2, -0.15) is 8.42 Å². The molecule has 11 heteroatoms. The lowest BCUT2D eigenvalue weighted by atomic mass is 10.2. The lowest BCUT2D eigenvalue weighted by Gasteiger charge is -2.13. The predicted molar refractivity (Wildman–Crippen MR) is 71.5 cm³/mol. The van der Waals surface area contributed by atoms with Crippen LogP contribution in [0.15, 0.2) is 12.1 Å². The number of halogens is 2. The monoisotopic (exact) mass is 342 g/mol. The van der Waals surface area contributed by atoms with Crippen LogP contribution in [0.2, 0.25) is 10.0 Å². The number of hydrogen-bond acceptors (Lipinski definition) is 5. The number of carboxylic acids is 1. The van der Waals surface area contributed by atoms with E-state index in [2.05, 4.69) is 4.74 Å². The molecule has 20 heavy (non-hydrogen) atoms. The summed E-state index contributed by atoms with van der Waals surface area (Å²) < 4.78 is 30.6. The average Bonchev–Trinajstić information content (AvgIpc) is 2.32. The number of anilines is 1. The number of aromatic carboxylic acids is 1. The highest BCUT2D eigenvalue weighted by molar-refractivity contribution is 7.91. The van der Waals surface area contributed by atoms with Crippen LogP contribution in [0.25, 0.3) is 0 Å². The van der Waals surface area contributed by atoms with E-state index in [1.54, 1.807) is 4.72 Å². The van der Waals surface area contributed by atoms with Gasteiger partial charge in [0.05, 0.1) is 22.8 Å². The van der Waals surface area contributed by atoms with Crippen LogP contribution in [0.4, 0.5) is 10.5 Å². The van der Waals surface area contributed by atoms with E-state index < -0.39 is 33.5 Å². The van der Waals surface area contributed by atoms with Crippen molar-refractivity contribution in [1.29, 1.82) is 0 Å². The Morgan fingerprint density at radius 3 is 2.30 bits per heavy atom. The number of benzene rings is 1. The first-order valence-corrected chi connectivity index (χ1v) is 7.01. The van der Waals surface area contributed by atoms with Crippen LogP contribution in [0.1, 0.15) is 10.4 Å². The first kappa shape index (κ1) is 16.3. The summed E-state index contributed by atoms with van der Waals surface area (Å²) in [7, 11) is -3.46. The van der Waals surface area contributed by atoms with Crippen molar-refractivity contribution in [3.8, 4) is 0 Å². The summed E-state index contributed by atoms with van der Waals surface area (Å²) in [6.07, 6.45) is -1.26. The molecular weight excluding hydrogens is 335 g/mol. The average molecular weight is 343 g/mol. The van der Waals surface area contributed by atoms with E-state index in [1.807, 2.05) is 0 Å². The van der Waals surface area contributed by atoms with E-state index in [1.165, 1.54) is 16.9 Å². The van der Waals surface area contributed by atoms with Crippen LogP contribution in [0.3, 0.4) is 0 Å². The summed E-state index contributed by atoms with van der Waals surface area (Å²) in [5.41, 5.74) is -1.02. The van der Waals surface area contributed by atoms with Crippen LogP contribution in [-0.2, 0) is 14.9 Å². The number of ether oxygens (including phenoxy) is 1. The first-order valence-electron chi connectivity index (χ1n) is 4.77. The van der Waals surface area contributed by atoms with Gasteiger partial charge in [-0.3, -0.25) is 4.72 Å². The summed E-state index contributed by atoms with van der Waals surface area (Å²) in [5.74, 6) is -1.49. The maximum absolute atomic E-state index is 11.6. The Hall–Kier alpha value is -1.71. The molecule has 0 heterocycles. The summed E-state index contributed by atoms with van der Waals surface area (Å²) in [5, 5.41) is 8.58. The van der Waals surface area contributed by atoms with Gasteiger partial charge in [0.15, 0.2) is 0 Å². The molecular formula is C9H8Cl2N2O6S. The van der Waals surface area contributed by atoms with Crippen molar-refractivity contribution in [2.24, 2.45) is 0 Å². The molecule has 0 spiro atoms. The summed E-state index contributed by atoms with van der Waals surface area (Å²) in [6, 6.07) is 2.39. The molecule has 1 amide bonds. The third kappa shape index (κ3) is 3.89. The molecule has 0 fully saturated rings. The fraction of sp³-hybridized carbons (Fsp3) is 0.111. The van der Waals surface area contributed by atoms with Crippen LogP contribution in [0, 0.1) is 0 Å². The van der Waals surface area contributed by atoms with Crippen LogP contribution < -0.4 is 9.44 Å². The maximum atomic E-state index is 11.6. The number of rotatable bonds is 4. The van der Waals surface area contributed by atoms with Gasteiger partial charge in [-0.25, -0.2) is 14.3 Å². The lowest BCUT2D eigenvalue weighted by molar-refractivity contribution is 0.0698. The number of hydrogen-bond donors (Lipinski definition) is 3. The number of amides is 1. The van der Waals surface area contributed by atoms with Crippen molar-refractivity contribution in [3.05, 3.63) is 27.7 Å². The first-order chi connectivity index (χ1) is 9.18. The van der Waals surface area contributed by atoms with Gasteiger partial charge in [-0.15, -0.1) is 0 Å². The van der Waals surface area contributed by atoms with Crippen LogP contribution in [0.5, 0.6) is 0 Å². The standard InChI is InChI=1S/C9H8Cl2N2O6S/c1-19-9(16)13-20(17,18)12-7-5(11)3-2-4(10)6(7)8(14)15/h2-3,12H,1H3,(H,13,16)(H,14,15). The maximum Gasteiger partial charge on any atom is 0.422 e. The second-order valence-electron chi connectivity index (χ2n) is 3.28. The zero-order valence-electron chi connectivity index (χ0n) is 9.81. The Kier molecular flexibility index (Phi) is 5.03. The number of methoxy groups -OCH3 is 1. The third-order valence-corrected chi connectivity index (χ3v) is 3.50. The molecule has 110 valence electrons. The lowest BCUT2D eigenvalue weighted by Crippen LogP contribution is -2.35. The predicted octanol–water partition coefficient (Wildman–Crippen LogP) is 1.70. The van der Waals surface area contributed by atoms with Crippen molar-refractivity contribution in [2.45, 2.75) is 0 Å². The molecule has 0 radical (unpaired) electrons. The van der Waals surface area contributed by atoms with E-state index in [4.69, 9.17) is 28.3 Å². The molecule has 0 saturated heterocycles. The molecule has 0 aliphatic heterocycles. The highest BCUT2D eigenvalue weighted by Gasteiger charge is 2.23. The molecule has 1 rings (SSSR count). The topological polar surface area (TPSA) is 122 Å². The molecule has 0 unspecified atom stereocenters. The molecule has 0 atom stereocenters. The van der Waals surface area contributed by atoms with Gasteiger partial charge in [0, 0.05) is 0 Å². The van der Waals surface area contributed by atoms with Gasteiger partial charge >= 0.3 is 22.3 Å². The zero-order chi connectivity index (χ0) is 15.5. The summed E-state index contributed by atoms with van der Waals surface area (Å²) in [4.78, 5) is 21.9. The van der Waals surface area contributed by atoms with E-state index in [0.29, 0.717) is 0 Å². The number of carbonyl (C=O) groups excluding carboxylic acids is 1. The fourth-order valence-corrected chi connectivity index (χ4v) is 2.51. The highest BCUT2D eigenvalue weighted by Crippen LogP contribution is 2.32. The van der Waals surface area contributed by atoms with Gasteiger partial charge in [0.25, 0.3) is 0 Å². The third-order valence-electron chi connectivity index (χ3n) is 1.96. The molecule has 0 aliphatic rings. The van der Waals surface area contributed by atoms with Crippen molar-refractivity contribution < 1.29 is 27.9 Å². The SMILES string of the molecule is COC(=O)NS(=O)(=O)Nc1c(Cl)ccc(Cl)c1C(=O)O. The van der Waals surface area contributed by atoms with Gasteiger partial charge in [0.2, 0.25) is 0 Å². The number of carbonyl (C=O) groups is 2. The number of carboxylic acid groups (broad SMARTS) is 1. The smallest absolute Gasteiger partial charge is 0.422 e. The zero-order valence-corrected chi connectivity index (χ0v) is 12.1. The van der Waals surface area contributed by atoms with E-state index in [-0.39, 0.29) is 10.0 Å². The van der Waals surface area contributed by atoms with E-state index in [0.717, 1.165) is 7.11 Å². The van der Waals surface area contributed by atoms with Crippen molar-refractivity contribution in [2.75, 3.05) is 11.8 Å². The van der Waals surface area contributed by atoms with Crippen LogP contribution >= 0.6 is 23.2 Å². The molecule has 0 aromatic heterocycles. The Morgan fingerprint density at radius 2 is 1.80 bits per heavy atom. The normalized spacial score (nSPS) is 10.8. The Morgan fingerprint density at radius 1 is 1.25 bits per heavy atom. The molecule has 0 saturated carbocycles. The Balaban J connectivity index is 3.25. The molecule has 0 bridgehead atoms. The molecule has 1 aromatic carbocycles. The minimum absolute atomic E-state index is 0.206. The highest BCUT2D eigenvalue weighted by atomic mass is 35.5. The van der Waals surface area contributed by atoms with Gasteiger partial charge in [-0.05, 0) is 12.1 Å². The molecule has 1 aromatic rings. The molecule has 0 aliphatic carbocycles. The Bertz CT molecular complexity index is 661. The number of nitrogens with one attached hydrogen (secondary N) is 2. The second-order valence-corrected chi connectivity index (χ2v) is 5.51.